The zero-order valence-corrected chi connectivity index (χ0v) is 18.4. The molecular weight excluding hydrogens is 451 g/mol. The van der Waals surface area contributed by atoms with Gasteiger partial charge in [0.2, 0.25) is 0 Å². The summed E-state index contributed by atoms with van der Waals surface area (Å²) in [5.74, 6) is -1.30. The van der Waals surface area contributed by atoms with E-state index in [0.717, 1.165) is 29.8 Å². The number of amides is 1. The molecule has 0 heterocycles. The van der Waals surface area contributed by atoms with Crippen LogP contribution in [0.25, 0.3) is 0 Å². The first kappa shape index (κ1) is 23.7. The predicted octanol–water partition coefficient (Wildman–Crippen LogP) is 3.11. The monoisotopic (exact) mass is 472 g/mol. The van der Waals surface area contributed by atoms with Crippen molar-refractivity contribution in [2.24, 2.45) is 0 Å². The van der Waals surface area contributed by atoms with Crippen LogP contribution in [0.3, 0.4) is 0 Å². The highest BCUT2D eigenvalue weighted by Gasteiger charge is 2.20. The maximum atomic E-state index is 13.1. The standard InChI is InChI=1S/C23H21FN2O6S/c1-31-18-10-6-16(7-11-18)14-25-22(27)15-32-23(28)20-4-2-3-5-21(20)26-33(29,30)19-12-8-17(24)9-13-19/h2-13,26H,14-15H2,1H3,(H,25,27). The fourth-order valence-electron chi connectivity index (χ4n) is 2.77. The topological polar surface area (TPSA) is 111 Å². The second-order valence-electron chi connectivity index (χ2n) is 6.81. The number of carbonyl (C=O) groups excluding carboxylic acids is 2. The molecule has 2 N–H and O–H groups in total. The Balaban J connectivity index is 1.60. The Labute approximate surface area is 190 Å². The number of benzene rings is 3. The number of carbonyl (C=O) groups is 2. The molecule has 0 aromatic heterocycles. The number of hydrogen-bond acceptors (Lipinski definition) is 6. The maximum absolute atomic E-state index is 13.1. The van der Waals surface area contributed by atoms with Crippen molar-refractivity contribution in [3.63, 3.8) is 0 Å². The molecule has 8 nitrogen and oxygen atoms in total. The van der Waals surface area contributed by atoms with E-state index < -0.39 is 34.3 Å². The van der Waals surface area contributed by atoms with E-state index in [2.05, 4.69) is 10.0 Å². The third-order valence-corrected chi connectivity index (χ3v) is 5.88. The molecule has 10 heteroatoms. The van der Waals surface area contributed by atoms with Crippen molar-refractivity contribution in [2.45, 2.75) is 11.4 Å². The smallest absolute Gasteiger partial charge is 0.340 e. The number of halogens is 1. The summed E-state index contributed by atoms with van der Waals surface area (Å²) in [6, 6.07) is 17.1. The van der Waals surface area contributed by atoms with Crippen LogP contribution in [-0.4, -0.2) is 34.0 Å². The number of para-hydroxylation sites is 1. The molecule has 172 valence electrons. The van der Waals surface area contributed by atoms with E-state index in [1.807, 2.05) is 0 Å². The van der Waals surface area contributed by atoms with Crippen LogP contribution in [0.2, 0.25) is 0 Å². The molecule has 0 saturated carbocycles. The van der Waals surface area contributed by atoms with Crippen LogP contribution in [-0.2, 0) is 26.1 Å². The molecule has 3 aromatic carbocycles. The highest BCUT2D eigenvalue weighted by Crippen LogP contribution is 2.21. The van der Waals surface area contributed by atoms with Crippen LogP contribution in [0.4, 0.5) is 10.1 Å². The van der Waals surface area contributed by atoms with Gasteiger partial charge in [0.1, 0.15) is 11.6 Å². The molecule has 0 aliphatic rings. The van der Waals surface area contributed by atoms with Crippen molar-refractivity contribution >= 4 is 27.6 Å². The van der Waals surface area contributed by atoms with Crippen LogP contribution in [0.1, 0.15) is 15.9 Å². The minimum Gasteiger partial charge on any atom is -0.497 e. The Morgan fingerprint density at radius 3 is 2.27 bits per heavy atom. The molecular formula is C23H21FN2O6S. The molecule has 0 aliphatic carbocycles. The number of ether oxygens (including phenoxy) is 2. The maximum Gasteiger partial charge on any atom is 0.340 e. The molecule has 0 radical (unpaired) electrons. The Hall–Kier alpha value is -3.92. The van der Waals surface area contributed by atoms with Crippen molar-refractivity contribution in [1.29, 1.82) is 0 Å². The van der Waals surface area contributed by atoms with Crippen LogP contribution < -0.4 is 14.8 Å². The summed E-state index contributed by atoms with van der Waals surface area (Å²) in [5.41, 5.74) is 0.715. The van der Waals surface area contributed by atoms with Gasteiger partial charge in [-0.25, -0.2) is 17.6 Å². The quantitative estimate of drug-likeness (QED) is 0.463. The number of rotatable bonds is 9. The highest BCUT2D eigenvalue weighted by molar-refractivity contribution is 7.92. The van der Waals surface area contributed by atoms with E-state index in [9.17, 15) is 22.4 Å². The molecule has 3 rings (SSSR count). The van der Waals surface area contributed by atoms with Gasteiger partial charge in [0.15, 0.2) is 6.61 Å². The summed E-state index contributed by atoms with van der Waals surface area (Å²) in [6.07, 6.45) is 0. The van der Waals surface area contributed by atoms with E-state index in [1.165, 1.54) is 24.3 Å². The van der Waals surface area contributed by atoms with Crippen LogP contribution in [0.5, 0.6) is 5.75 Å². The molecule has 0 unspecified atom stereocenters. The van der Waals surface area contributed by atoms with Gasteiger partial charge >= 0.3 is 5.97 Å². The van der Waals surface area contributed by atoms with Gasteiger partial charge in [-0.1, -0.05) is 24.3 Å². The first-order valence-electron chi connectivity index (χ1n) is 9.72. The number of methoxy groups -OCH3 is 1. The van der Waals surface area contributed by atoms with Crippen LogP contribution >= 0.6 is 0 Å². The van der Waals surface area contributed by atoms with Crippen molar-refractivity contribution < 1.29 is 31.9 Å². The molecule has 3 aromatic rings. The number of esters is 1. The normalized spacial score (nSPS) is 10.8. The Morgan fingerprint density at radius 2 is 1.61 bits per heavy atom. The highest BCUT2D eigenvalue weighted by atomic mass is 32.2. The summed E-state index contributed by atoms with van der Waals surface area (Å²) in [4.78, 5) is 24.4. The zero-order chi connectivity index (χ0) is 23.8. The molecule has 0 fully saturated rings. The number of hydrogen-bond donors (Lipinski definition) is 2. The summed E-state index contributed by atoms with van der Waals surface area (Å²) in [6.45, 7) is -0.317. The minimum atomic E-state index is -4.07. The molecule has 1 amide bonds. The van der Waals surface area contributed by atoms with E-state index in [-0.39, 0.29) is 22.7 Å². The Kier molecular flexibility index (Phi) is 7.62. The van der Waals surface area contributed by atoms with Gasteiger partial charge in [0.25, 0.3) is 15.9 Å². The van der Waals surface area contributed by atoms with Crippen molar-refractivity contribution in [1.82, 2.24) is 5.32 Å². The summed E-state index contributed by atoms with van der Waals surface area (Å²) in [7, 11) is -2.52. The predicted molar refractivity (Wildman–Crippen MR) is 119 cm³/mol. The van der Waals surface area contributed by atoms with E-state index >= 15 is 0 Å². The number of nitrogens with one attached hydrogen (secondary N) is 2. The van der Waals surface area contributed by atoms with E-state index in [4.69, 9.17) is 9.47 Å². The molecule has 33 heavy (non-hydrogen) atoms. The second-order valence-corrected chi connectivity index (χ2v) is 8.49. The Morgan fingerprint density at radius 1 is 0.939 bits per heavy atom. The third-order valence-electron chi connectivity index (χ3n) is 4.50. The second kappa shape index (κ2) is 10.6. The van der Waals surface area contributed by atoms with Crippen molar-refractivity contribution in [2.75, 3.05) is 18.4 Å². The lowest BCUT2D eigenvalue weighted by molar-refractivity contribution is -0.124. The lowest BCUT2D eigenvalue weighted by Crippen LogP contribution is -2.28. The van der Waals surface area contributed by atoms with E-state index in [1.54, 1.807) is 31.4 Å². The Bertz CT molecular complexity index is 1230. The van der Waals surface area contributed by atoms with Crippen molar-refractivity contribution in [3.8, 4) is 5.75 Å². The number of anilines is 1. The largest absolute Gasteiger partial charge is 0.497 e. The van der Waals surface area contributed by atoms with Crippen LogP contribution in [0.15, 0.2) is 77.7 Å². The van der Waals surface area contributed by atoms with Gasteiger partial charge in [0, 0.05) is 6.54 Å². The average molecular weight is 472 g/mol. The SMILES string of the molecule is COc1ccc(CNC(=O)COC(=O)c2ccccc2NS(=O)(=O)c2ccc(F)cc2)cc1. The van der Waals surface area contributed by atoms with Crippen LogP contribution in [0, 0.1) is 5.82 Å². The lowest BCUT2D eigenvalue weighted by Gasteiger charge is -2.12. The fraction of sp³-hybridized carbons (Fsp3) is 0.130. The van der Waals surface area contributed by atoms with Crippen molar-refractivity contribution in [3.05, 3.63) is 89.7 Å². The average Bonchev–Trinajstić information content (AvgIpc) is 2.82. The van der Waals surface area contributed by atoms with Gasteiger partial charge in [-0.05, 0) is 54.1 Å². The summed E-state index contributed by atoms with van der Waals surface area (Å²) in [5, 5.41) is 2.62. The molecule has 0 bridgehead atoms. The lowest BCUT2D eigenvalue weighted by atomic mass is 10.2. The van der Waals surface area contributed by atoms with Gasteiger partial charge in [-0.3, -0.25) is 9.52 Å². The van der Waals surface area contributed by atoms with Gasteiger partial charge in [0.05, 0.1) is 23.3 Å². The first-order chi connectivity index (χ1) is 15.8. The third kappa shape index (κ3) is 6.53. The summed E-state index contributed by atoms with van der Waals surface area (Å²) < 4.78 is 50.6. The van der Waals surface area contributed by atoms with Gasteiger partial charge in [-0.2, -0.15) is 0 Å². The molecule has 0 atom stereocenters. The van der Waals surface area contributed by atoms with E-state index in [0.29, 0.717) is 5.75 Å². The fourth-order valence-corrected chi connectivity index (χ4v) is 3.85. The summed E-state index contributed by atoms with van der Waals surface area (Å²) >= 11 is 0. The molecule has 0 spiro atoms. The van der Waals surface area contributed by atoms with Gasteiger partial charge in [-0.15, -0.1) is 0 Å². The minimum absolute atomic E-state index is 0.0366. The van der Waals surface area contributed by atoms with Gasteiger partial charge < -0.3 is 14.8 Å². The number of sulfonamides is 1. The molecule has 0 saturated heterocycles. The zero-order valence-electron chi connectivity index (χ0n) is 17.6. The first-order valence-corrected chi connectivity index (χ1v) is 11.2. The molecule has 0 aliphatic heterocycles.